The largest absolute Gasteiger partial charge is 0.345 e. The molecule has 4 rings (SSSR count). The fourth-order valence-corrected chi connectivity index (χ4v) is 4.24. The van der Waals surface area contributed by atoms with E-state index in [-0.39, 0.29) is 0 Å². The van der Waals surface area contributed by atoms with Gasteiger partial charge in [-0.2, -0.15) is 0 Å². The van der Waals surface area contributed by atoms with E-state index in [1.807, 2.05) is 11.3 Å². The zero-order valence-electron chi connectivity index (χ0n) is 11.6. The molecule has 2 aromatic rings. The number of para-hydroxylation sites is 1. The summed E-state index contributed by atoms with van der Waals surface area (Å²) in [6.07, 6.45) is 1.31. The van der Waals surface area contributed by atoms with Crippen LogP contribution >= 0.6 is 11.3 Å². The third kappa shape index (κ3) is 2.30. The highest BCUT2D eigenvalue weighted by atomic mass is 32.1. The zero-order chi connectivity index (χ0) is 13.4. The number of nitrogens with zero attached hydrogens (tertiary/aromatic N) is 3. The van der Waals surface area contributed by atoms with Crippen LogP contribution in [0.15, 0.2) is 24.3 Å². The lowest BCUT2D eigenvalue weighted by Crippen LogP contribution is -2.51. The molecular weight excluding hydrogens is 268 g/mol. The topological polar surface area (TPSA) is 31.4 Å². The van der Waals surface area contributed by atoms with E-state index in [4.69, 9.17) is 4.98 Å². The molecule has 1 atom stereocenters. The first-order valence-electron chi connectivity index (χ1n) is 7.45. The lowest BCUT2D eigenvalue weighted by Gasteiger charge is -2.37. The Morgan fingerprint density at radius 1 is 1.15 bits per heavy atom. The molecule has 4 nitrogen and oxygen atoms in total. The molecule has 0 saturated carbocycles. The number of benzene rings is 1. The van der Waals surface area contributed by atoms with Gasteiger partial charge >= 0.3 is 0 Å². The van der Waals surface area contributed by atoms with Crippen molar-refractivity contribution < 1.29 is 0 Å². The van der Waals surface area contributed by atoms with Crippen LogP contribution in [0.1, 0.15) is 6.42 Å². The van der Waals surface area contributed by atoms with E-state index in [9.17, 15) is 0 Å². The van der Waals surface area contributed by atoms with E-state index in [0.717, 1.165) is 24.6 Å². The van der Waals surface area contributed by atoms with E-state index in [2.05, 4.69) is 39.4 Å². The second-order valence-corrected chi connectivity index (χ2v) is 6.64. The van der Waals surface area contributed by atoms with Crippen LogP contribution in [0.3, 0.4) is 0 Å². The predicted octanol–water partition coefficient (Wildman–Crippen LogP) is 1.78. The fraction of sp³-hybridized carbons (Fsp3) is 0.533. The van der Waals surface area contributed by atoms with Crippen LogP contribution in [-0.4, -0.2) is 55.2 Å². The highest BCUT2D eigenvalue weighted by Gasteiger charge is 2.26. The smallest absolute Gasteiger partial charge is 0.186 e. The Labute approximate surface area is 123 Å². The first kappa shape index (κ1) is 12.6. The molecule has 1 aromatic carbocycles. The Morgan fingerprint density at radius 3 is 2.75 bits per heavy atom. The maximum Gasteiger partial charge on any atom is 0.186 e. The van der Waals surface area contributed by atoms with Crippen LogP contribution in [0.2, 0.25) is 0 Å². The number of aromatic nitrogens is 1. The molecule has 0 radical (unpaired) electrons. The van der Waals surface area contributed by atoms with E-state index < -0.39 is 0 Å². The average Bonchev–Trinajstić information content (AvgIpc) is 3.17. The molecule has 1 unspecified atom stereocenters. The van der Waals surface area contributed by atoms with Crippen LogP contribution in [0.5, 0.6) is 0 Å². The van der Waals surface area contributed by atoms with Gasteiger partial charge in [0.05, 0.1) is 10.2 Å². The molecule has 2 aliphatic heterocycles. The SMILES string of the molecule is c1ccc2sc(N3CCN(C4CCNC4)CC3)nc2c1. The molecule has 0 bridgehead atoms. The number of hydrogen-bond acceptors (Lipinski definition) is 5. The van der Waals surface area contributed by atoms with Crippen molar-refractivity contribution in [3.05, 3.63) is 24.3 Å². The minimum absolute atomic E-state index is 0.757. The minimum Gasteiger partial charge on any atom is -0.345 e. The van der Waals surface area contributed by atoms with Crippen molar-refractivity contribution in [3.8, 4) is 0 Å². The van der Waals surface area contributed by atoms with E-state index >= 15 is 0 Å². The number of nitrogens with one attached hydrogen (secondary N) is 1. The fourth-order valence-electron chi connectivity index (χ4n) is 3.22. The summed E-state index contributed by atoms with van der Waals surface area (Å²) < 4.78 is 1.30. The maximum absolute atomic E-state index is 4.77. The monoisotopic (exact) mass is 288 g/mol. The van der Waals surface area contributed by atoms with Crippen LogP contribution in [-0.2, 0) is 0 Å². The minimum atomic E-state index is 0.757. The standard InChI is InChI=1S/C15H20N4S/c1-2-4-14-13(3-1)17-15(20-14)19-9-7-18(8-10-19)12-5-6-16-11-12/h1-4,12,16H,5-11H2. The molecule has 0 aliphatic carbocycles. The molecule has 20 heavy (non-hydrogen) atoms. The highest BCUT2D eigenvalue weighted by Crippen LogP contribution is 2.29. The van der Waals surface area contributed by atoms with Crippen LogP contribution in [0.25, 0.3) is 10.2 Å². The molecule has 1 N–H and O–H groups in total. The van der Waals surface area contributed by atoms with Crippen molar-refractivity contribution in [2.45, 2.75) is 12.5 Å². The molecule has 1 aromatic heterocycles. The van der Waals surface area contributed by atoms with Crippen molar-refractivity contribution in [2.75, 3.05) is 44.2 Å². The van der Waals surface area contributed by atoms with Gasteiger partial charge in [-0.25, -0.2) is 4.98 Å². The quantitative estimate of drug-likeness (QED) is 0.913. The first-order chi connectivity index (χ1) is 9.90. The number of fused-ring (bicyclic) bond motifs is 1. The molecule has 2 fully saturated rings. The van der Waals surface area contributed by atoms with E-state index in [1.54, 1.807) is 0 Å². The summed E-state index contributed by atoms with van der Waals surface area (Å²) in [5, 5.41) is 4.65. The maximum atomic E-state index is 4.77. The normalized spacial score (nSPS) is 24.6. The van der Waals surface area contributed by atoms with Crippen molar-refractivity contribution in [3.63, 3.8) is 0 Å². The number of hydrogen-bond donors (Lipinski definition) is 1. The van der Waals surface area contributed by atoms with Crippen molar-refractivity contribution >= 4 is 26.7 Å². The Morgan fingerprint density at radius 2 is 2.00 bits per heavy atom. The highest BCUT2D eigenvalue weighted by molar-refractivity contribution is 7.22. The molecule has 106 valence electrons. The third-order valence-electron chi connectivity index (χ3n) is 4.42. The number of thiazole rings is 1. The molecule has 0 amide bonds. The Balaban J connectivity index is 1.45. The van der Waals surface area contributed by atoms with Gasteiger partial charge in [0, 0.05) is 38.8 Å². The van der Waals surface area contributed by atoms with Gasteiger partial charge in [-0.05, 0) is 25.1 Å². The molecule has 5 heteroatoms. The van der Waals surface area contributed by atoms with Gasteiger partial charge in [0.25, 0.3) is 0 Å². The first-order valence-corrected chi connectivity index (χ1v) is 8.27. The van der Waals surface area contributed by atoms with Gasteiger partial charge in [-0.15, -0.1) is 0 Å². The summed E-state index contributed by atoms with van der Waals surface area (Å²) in [5.41, 5.74) is 1.13. The molecule has 0 spiro atoms. The Hall–Kier alpha value is -1.17. The van der Waals surface area contributed by atoms with E-state index in [0.29, 0.717) is 0 Å². The van der Waals surface area contributed by atoms with Crippen LogP contribution < -0.4 is 10.2 Å². The molecule has 2 saturated heterocycles. The summed E-state index contributed by atoms with van der Waals surface area (Å²) in [5.74, 6) is 0. The zero-order valence-corrected chi connectivity index (χ0v) is 12.4. The van der Waals surface area contributed by atoms with Gasteiger partial charge in [-0.3, -0.25) is 4.90 Å². The predicted molar refractivity (Wildman–Crippen MR) is 84.7 cm³/mol. The summed E-state index contributed by atoms with van der Waals surface area (Å²) >= 11 is 1.82. The Kier molecular flexibility index (Phi) is 3.34. The van der Waals surface area contributed by atoms with Gasteiger partial charge in [-0.1, -0.05) is 23.5 Å². The Bertz CT molecular complexity index is 549. The lowest BCUT2D eigenvalue weighted by molar-refractivity contribution is 0.196. The van der Waals surface area contributed by atoms with Gasteiger partial charge < -0.3 is 10.2 Å². The summed E-state index contributed by atoms with van der Waals surface area (Å²) in [7, 11) is 0. The molecule has 3 heterocycles. The van der Waals surface area contributed by atoms with Crippen molar-refractivity contribution in [1.29, 1.82) is 0 Å². The second-order valence-electron chi connectivity index (χ2n) is 5.63. The number of anilines is 1. The van der Waals surface area contributed by atoms with E-state index in [1.165, 1.54) is 42.4 Å². The summed E-state index contributed by atoms with van der Waals surface area (Å²) in [6.45, 7) is 6.90. The average molecular weight is 288 g/mol. The van der Waals surface area contributed by atoms with Crippen molar-refractivity contribution in [1.82, 2.24) is 15.2 Å². The van der Waals surface area contributed by atoms with Crippen LogP contribution in [0.4, 0.5) is 5.13 Å². The van der Waals surface area contributed by atoms with Gasteiger partial charge in [0.2, 0.25) is 0 Å². The van der Waals surface area contributed by atoms with Gasteiger partial charge in [0.1, 0.15) is 0 Å². The third-order valence-corrected chi connectivity index (χ3v) is 5.52. The summed E-state index contributed by atoms with van der Waals surface area (Å²) in [6, 6.07) is 9.19. The van der Waals surface area contributed by atoms with Crippen LogP contribution in [0, 0.1) is 0 Å². The molecule has 2 aliphatic rings. The number of piperazine rings is 1. The summed E-state index contributed by atoms with van der Waals surface area (Å²) in [4.78, 5) is 9.86. The lowest BCUT2D eigenvalue weighted by atomic mass is 10.2. The van der Waals surface area contributed by atoms with Gasteiger partial charge in [0.15, 0.2) is 5.13 Å². The number of rotatable bonds is 2. The second kappa shape index (κ2) is 5.31. The van der Waals surface area contributed by atoms with Crippen molar-refractivity contribution in [2.24, 2.45) is 0 Å². The molecular formula is C15H20N4S.